The number of carboxylic acids is 1. The number of amides is 1. The molecule has 1 unspecified atom stereocenters. The van der Waals surface area contributed by atoms with Crippen LogP contribution in [0.25, 0.3) is 0 Å². The lowest BCUT2D eigenvalue weighted by molar-refractivity contribution is -0.374. The van der Waals surface area contributed by atoms with Gasteiger partial charge in [0.15, 0.2) is 6.29 Å². The molecule has 1 amide bonds. The van der Waals surface area contributed by atoms with Gasteiger partial charge in [0, 0.05) is 13.3 Å². The fraction of sp³-hybridized carbons (Fsp3) is 0.913. The van der Waals surface area contributed by atoms with E-state index in [1.165, 1.54) is 0 Å². The zero-order chi connectivity index (χ0) is 32.4. The third-order valence-corrected chi connectivity index (χ3v) is 7.53. The molecule has 0 aromatic rings. The lowest BCUT2D eigenvalue weighted by atomic mass is 9.88. The van der Waals surface area contributed by atoms with Crippen molar-refractivity contribution in [3.8, 4) is 0 Å². The number of nitrogens with one attached hydrogen (secondary N) is 1. The predicted molar refractivity (Wildman–Crippen MR) is 130 cm³/mol. The summed E-state index contributed by atoms with van der Waals surface area (Å²) in [4.78, 5) is 24.3. The van der Waals surface area contributed by atoms with Crippen molar-refractivity contribution in [2.75, 3.05) is 26.4 Å². The van der Waals surface area contributed by atoms with E-state index in [0.29, 0.717) is 0 Å². The normalized spacial score (nSPS) is 45.0. The van der Waals surface area contributed by atoms with Crippen molar-refractivity contribution in [3.63, 3.8) is 0 Å². The minimum absolute atomic E-state index is 0.750. The molecule has 20 nitrogen and oxygen atoms in total. The van der Waals surface area contributed by atoms with E-state index in [1.54, 1.807) is 0 Å². The molecule has 3 aliphatic heterocycles. The molecule has 15 atom stereocenters. The fourth-order valence-corrected chi connectivity index (χ4v) is 5.22. The molecular formula is C23H39NO19. The van der Waals surface area contributed by atoms with Gasteiger partial charge in [-0.3, -0.25) is 4.79 Å². The van der Waals surface area contributed by atoms with Crippen molar-refractivity contribution >= 4 is 11.9 Å². The lowest BCUT2D eigenvalue weighted by Crippen LogP contribution is -2.70. The van der Waals surface area contributed by atoms with E-state index in [4.69, 9.17) is 23.7 Å². The van der Waals surface area contributed by atoms with Crippen LogP contribution < -0.4 is 5.32 Å². The van der Waals surface area contributed by atoms with Crippen LogP contribution in [0, 0.1) is 0 Å². The maximum Gasteiger partial charge on any atom is 0.364 e. The summed E-state index contributed by atoms with van der Waals surface area (Å²) in [6.07, 6.45) is -24.1. The first-order valence-electron chi connectivity index (χ1n) is 13.2. The fourth-order valence-electron chi connectivity index (χ4n) is 5.22. The van der Waals surface area contributed by atoms with E-state index in [-0.39, 0.29) is 0 Å². The molecule has 20 heteroatoms. The van der Waals surface area contributed by atoms with Gasteiger partial charge in [0.25, 0.3) is 5.79 Å². The van der Waals surface area contributed by atoms with E-state index in [9.17, 15) is 70.9 Å². The Labute approximate surface area is 243 Å². The number of carbonyl (C=O) groups excluding carboxylic acids is 1. The number of ether oxygens (including phenoxy) is 5. The van der Waals surface area contributed by atoms with E-state index >= 15 is 0 Å². The zero-order valence-electron chi connectivity index (χ0n) is 22.8. The molecule has 43 heavy (non-hydrogen) atoms. The van der Waals surface area contributed by atoms with Gasteiger partial charge in [-0.2, -0.15) is 0 Å². The molecule has 3 saturated heterocycles. The number of hydrogen-bond donors (Lipinski definition) is 13. The summed E-state index contributed by atoms with van der Waals surface area (Å²) in [7, 11) is 0. The number of aliphatic hydroxyl groups excluding tert-OH is 10. The summed E-state index contributed by atoms with van der Waals surface area (Å²) >= 11 is 0. The van der Waals surface area contributed by atoms with Crippen molar-refractivity contribution in [3.05, 3.63) is 0 Å². The summed E-state index contributed by atoms with van der Waals surface area (Å²) in [5.41, 5.74) is 0. The van der Waals surface area contributed by atoms with Crippen LogP contribution in [0.2, 0.25) is 0 Å². The molecule has 3 fully saturated rings. The molecule has 250 valence electrons. The number of carboxylic acid groups (broad SMARTS) is 1. The Kier molecular flexibility index (Phi) is 11.8. The van der Waals surface area contributed by atoms with Crippen LogP contribution in [0.5, 0.6) is 0 Å². The van der Waals surface area contributed by atoms with Gasteiger partial charge >= 0.3 is 5.97 Å². The highest BCUT2D eigenvalue weighted by atomic mass is 16.8. The van der Waals surface area contributed by atoms with Crippen LogP contribution in [0.3, 0.4) is 0 Å². The summed E-state index contributed by atoms with van der Waals surface area (Å²) in [5, 5.41) is 124. The smallest absolute Gasteiger partial charge is 0.364 e. The Morgan fingerprint density at radius 2 is 1.60 bits per heavy atom. The van der Waals surface area contributed by atoms with Crippen molar-refractivity contribution in [1.29, 1.82) is 0 Å². The molecule has 0 aromatic heterocycles. The monoisotopic (exact) mass is 633 g/mol. The first-order valence-corrected chi connectivity index (χ1v) is 13.2. The van der Waals surface area contributed by atoms with Gasteiger partial charge in [-0.25, -0.2) is 4.79 Å². The van der Waals surface area contributed by atoms with Gasteiger partial charge in [-0.15, -0.1) is 0 Å². The zero-order valence-corrected chi connectivity index (χ0v) is 22.8. The summed E-state index contributed by atoms with van der Waals surface area (Å²) in [6.45, 7) is -2.99. The molecule has 0 aliphatic carbocycles. The first kappa shape index (κ1) is 35.8. The molecule has 3 rings (SSSR count). The highest BCUT2D eigenvalue weighted by molar-refractivity contribution is 5.76. The quantitative estimate of drug-likeness (QED) is 0.0948. The largest absolute Gasteiger partial charge is 0.477 e. The number of carbonyl (C=O) groups is 2. The second-order valence-corrected chi connectivity index (χ2v) is 10.6. The second kappa shape index (κ2) is 14.2. The molecular weight excluding hydrogens is 594 g/mol. The average molecular weight is 634 g/mol. The van der Waals surface area contributed by atoms with Crippen LogP contribution in [0.15, 0.2) is 0 Å². The maximum atomic E-state index is 12.5. The summed E-state index contributed by atoms with van der Waals surface area (Å²) in [6, 6.07) is -1.54. The Morgan fingerprint density at radius 3 is 2.12 bits per heavy atom. The third-order valence-electron chi connectivity index (χ3n) is 7.53. The third kappa shape index (κ3) is 7.09. The van der Waals surface area contributed by atoms with Gasteiger partial charge in [0.05, 0.1) is 38.6 Å². The minimum atomic E-state index is -3.02. The van der Waals surface area contributed by atoms with E-state index < -0.39 is 136 Å². The van der Waals surface area contributed by atoms with Gasteiger partial charge in [-0.05, 0) is 0 Å². The molecule has 0 bridgehead atoms. The predicted octanol–water partition coefficient (Wildman–Crippen LogP) is -8.22. The van der Waals surface area contributed by atoms with Gasteiger partial charge < -0.3 is 90.3 Å². The summed E-state index contributed by atoms with van der Waals surface area (Å²) < 4.78 is 26.9. The van der Waals surface area contributed by atoms with Gasteiger partial charge in [0.2, 0.25) is 11.7 Å². The van der Waals surface area contributed by atoms with Crippen LogP contribution in [-0.4, -0.2) is 191 Å². The molecule has 3 heterocycles. The Balaban J connectivity index is 1.95. The highest BCUT2D eigenvalue weighted by Crippen LogP contribution is 2.39. The van der Waals surface area contributed by atoms with Crippen LogP contribution in [0.4, 0.5) is 0 Å². The van der Waals surface area contributed by atoms with Crippen LogP contribution in [0.1, 0.15) is 13.3 Å². The summed E-state index contributed by atoms with van der Waals surface area (Å²) in [5.74, 6) is -8.34. The number of rotatable bonds is 12. The molecule has 3 aliphatic rings. The molecule has 0 radical (unpaired) electrons. The van der Waals surface area contributed by atoms with Crippen molar-refractivity contribution < 1.29 is 94.6 Å². The van der Waals surface area contributed by atoms with Crippen LogP contribution >= 0.6 is 0 Å². The van der Waals surface area contributed by atoms with Crippen molar-refractivity contribution in [2.24, 2.45) is 0 Å². The lowest BCUT2D eigenvalue weighted by Gasteiger charge is -2.50. The van der Waals surface area contributed by atoms with Crippen LogP contribution in [-0.2, 0) is 33.3 Å². The first-order chi connectivity index (χ1) is 20.1. The minimum Gasteiger partial charge on any atom is -0.477 e. The Hall–Kier alpha value is -1.70. The Morgan fingerprint density at radius 1 is 0.977 bits per heavy atom. The second-order valence-electron chi connectivity index (χ2n) is 10.6. The van der Waals surface area contributed by atoms with Crippen molar-refractivity contribution in [1.82, 2.24) is 5.32 Å². The molecule has 0 saturated carbocycles. The highest BCUT2D eigenvalue weighted by Gasteiger charge is 2.61. The Bertz CT molecular complexity index is 960. The standard InChI is InChI=1S/C23H39NO19/c1-7(29)24-12-8(30)2-23(21(36)37,42-17(12)13(32)9(31)3-25)43-18-14(33)10(4-26)39-20(15(18)34)40-16-11(5-27)41-22(38,6-28)19(16)35/h8-20,25-28,30-35,38H,2-6H2,1H3,(H,24,29)(H,36,37)/t8-,9+,10+,11+,12+,13-,14-,15+,16?,17+,18-,19-,20-,22+,23-/m0/s1. The van der Waals surface area contributed by atoms with Crippen molar-refractivity contribution in [2.45, 2.75) is 104 Å². The molecule has 13 N–H and O–H groups in total. The SMILES string of the molecule is CC(=O)N[C@H]1[C@H]([C@@H](O)[C@H](O)CO)O[C@@](O[C@H]2[C@@H](O)[C@@H](CO)O[C@@H](OC3[C@@H](CO)O[C@](O)(CO)[C@H]3O)[C@@H]2O)(C(=O)O)C[C@@H]1O. The molecule has 0 aromatic carbocycles. The number of aliphatic hydroxyl groups is 11. The number of hydrogen-bond acceptors (Lipinski definition) is 18. The topological polar surface area (TPSA) is 335 Å². The van der Waals surface area contributed by atoms with E-state index in [2.05, 4.69) is 5.32 Å². The van der Waals surface area contributed by atoms with E-state index in [1.807, 2.05) is 0 Å². The maximum absolute atomic E-state index is 12.5. The van der Waals surface area contributed by atoms with E-state index in [0.717, 1.165) is 6.92 Å². The molecule has 0 spiro atoms. The number of aliphatic carboxylic acids is 1. The average Bonchev–Trinajstić information content (AvgIpc) is 3.21. The van der Waals surface area contributed by atoms with Gasteiger partial charge in [-0.1, -0.05) is 0 Å². The van der Waals surface area contributed by atoms with Gasteiger partial charge in [0.1, 0.15) is 61.0 Å².